The molecule has 0 bridgehead atoms. The van der Waals surface area contributed by atoms with Gasteiger partial charge in [0.05, 0.1) is 26.4 Å². The number of nitrogens with zero attached hydrogens (tertiary/aromatic N) is 1. The van der Waals surface area contributed by atoms with E-state index in [2.05, 4.69) is 37.9 Å². The summed E-state index contributed by atoms with van der Waals surface area (Å²) in [6.45, 7) is 15.2. The molecule has 1 aliphatic heterocycles. The summed E-state index contributed by atoms with van der Waals surface area (Å²) in [5, 5.41) is 3.49. The summed E-state index contributed by atoms with van der Waals surface area (Å²) >= 11 is 0. The Bertz CT molecular complexity index is 223. The van der Waals surface area contributed by atoms with E-state index in [1.165, 1.54) is 25.9 Å². The van der Waals surface area contributed by atoms with Crippen molar-refractivity contribution in [2.75, 3.05) is 46.1 Å². The summed E-state index contributed by atoms with van der Waals surface area (Å²) < 4.78 is 11.2. The molecule has 1 unspecified atom stereocenters. The van der Waals surface area contributed by atoms with Gasteiger partial charge in [-0.2, -0.15) is 0 Å². The fourth-order valence-electron chi connectivity index (χ4n) is 2.46. The van der Waals surface area contributed by atoms with Crippen molar-refractivity contribution in [1.29, 1.82) is 0 Å². The fourth-order valence-corrected chi connectivity index (χ4v) is 2.46. The molecule has 1 saturated heterocycles. The number of likely N-dealkylation sites (tertiary alicyclic amines) is 1. The van der Waals surface area contributed by atoms with E-state index >= 15 is 0 Å². The lowest BCUT2D eigenvalue weighted by Crippen LogP contribution is -2.44. The van der Waals surface area contributed by atoms with E-state index in [9.17, 15) is 0 Å². The van der Waals surface area contributed by atoms with Crippen LogP contribution in [-0.4, -0.2) is 62.5 Å². The Morgan fingerprint density at radius 1 is 1.05 bits per heavy atom. The topological polar surface area (TPSA) is 33.7 Å². The standard InChI is InChI=1S/C15H32N2O2/c1-14(16-15(2,3)4)13-19-12-11-18-10-9-17-7-5-6-8-17/h14,16H,5-13H2,1-4H3. The van der Waals surface area contributed by atoms with Crippen molar-refractivity contribution in [3.63, 3.8) is 0 Å². The number of ether oxygens (including phenoxy) is 2. The molecule has 0 aromatic heterocycles. The maximum absolute atomic E-state index is 5.61. The Labute approximate surface area is 118 Å². The number of nitrogens with one attached hydrogen (secondary N) is 1. The molecule has 0 aliphatic carbocycles. The van der Waals surface area contributed by atoms with Crippen molar-refractivity contribution in [1.82, 2.24) is 10.2 Å². The molecule has 0 aromatic carbocycles. The highest BCUT2D eigenvalue weighted by atomic mass is 16.5. The van der Waals surface area contributed by atoms with Gasteiger partial charge in [-0.15, -0.1) is 0 Å². The minimum atomic E-state index is 0.148. The normalized spacial score (nSPS) is 18.9. The molecule has 1 fully saturated rings. The summed E-state index contributed by atoms with van der Waals surface area (Å²) in [7, 11) is 0. The zero-order valence-corrected chi connectivity index (χ0v) is 13.2. The molecule has 0 radical (unpaired) electrons. The molecular weight excluding hydrogens is 240 g/mol. The van der Waals surface area contributed by atoms with Gasteiger partial charge in [0.2, 0.25) is 0 Å². The predicted molar refractivity (Wildman–Crippen MR) is 79.7 cm³/mol. The number of rotatable bonds is 9. The Morgan fingerprint density at radius 2 is 1.68 bits per heavy atom. The molecule has 1 rings (SSSR count). The van der Waals surface area contributed by atoms with Gasteiger partial charge in [-0.05, 0) is 53.6 Å². The first-order chi connectivity index (χ1) is 8.97. The van der Waals surface area contributed by atoms with Crippen LogP contribution in [0.2, 0.25) is 0 Å². The molecule has 114 valence electrons. The molecule has 0 saturated carbocycles. The third-order valence-electron chi connectivity index (χ3n) is 3.17. The first-order valence-corrected chi connectivity index (χ1v) is 7.63. The average Bonchev–Trinajstić information content (AvgIpc) is 2.78. The maximum Gasteiger partial charge on any atom is 0.0701 e. The molecule has 0 aromatic rings. The summed E-state index contributed by atoms with van der Waals surface area (Å²) in [5.74, 6) is 0. The third kappa shape index (κ3) is 9.38. The minimum absolute atomic E-state index is 0.148. The van der Waals surface area contributed by atoms with E-state index in [0.29, 0.717) is 19.3 Å². The summed E-state index contributed by atoms with van der Waals surface area (Å²) in [5.41, 5.74) is 0.148. The summed E-state index contributed by atoms with van der Waals surface area (Å²) in [4.78, 5) is 2.47. The van der Waals surface area contributed by atoms with Gasteiger partial charge in [0.15, 0.2) is 0 Å². The van der Waals surface area contributed by atoms with E-state index in [1.54, 1.807) is 0 Å². The first-order valence-electron chi connectivity index (χ1n) is 7.63. The van der Waals surface area contributed by atoms with Crippen LogP contribution in [-0.2, 0) is 9.47 Å². The highest BCUT2D eigenvalue weighted by Gasteiger charge is 2.13. The van der Waals surface area contributed by atoms with Crippen LogP contribution in [0.5, 0.6) is 0 Å². The number of hydrogen-bond acceptors (Lipinski definition) is 4. The summed E-state index contributed by atoms with van der Waals surface area (Å²) in [6, 6.07) is 0.379. The van der Waals surface area contributed by atoms with Crippen molar-refractivity contribution >= 4 is 0 Å². The molecule has 0 amide bonds. The first kappa shape index (κ1) is 16.9. The molecule has 0 spiro atoms. The van der Waals surface area contributed by atoms with E-state index in [1.807, 2.05) is 0 Å². The van der Waals surface area contributed by atoms with E-state index in [0.717, 1.165) is 19.8 Å². The van der Waals surface area contributed by atoms with Crippen LogP contribution in [0.15, 0.2) is 0 Å². The quantitative estimate of drug-likeness (QED) is 0.650. The Hall–Kier alpha value is -0.160. The Balaban J connectivity index is 1.85. The second-order valence-electron chi connectivity index (χ2n) is 6.53. The molecule has 1 N–H and O–H groups in total. The van der Waals surface area contributed by atoms with Gasteiger partial charge in [0.25, 0.3) is 0 Å². The fraction of sp³-hybridized carbons (Fsp3) is 1.00. The van der Waals surface area contributed by atoms with Crippen LogP contribution < -0.4 is 5.32 Å². The largest absolute Gasteiger partial charge is 0.378 e. The van der Waals surface area contributed by atoms with Crippen LogP contribution in [0.25, 0.3) is 0 Å². The van der Waals surface area contributed by atoms with Crippen molar-refractivity contribution in [3.8, 4) is 0 Å². The SMILES string of the molecule is CC(COCCOCCN1CCCC1)NC(C)(C)C. The molecule has 19 heavy (non-hydrogen) atoms. The van der Waals surface area contributed by atoms with E-state index in [-0.39, 0.29) is 5.54 Å². The highest BCUT2D eigenvalue weighted by Crippen LogP contribution is 2.06. The lowest BCUT2D eigenvalue weighted by atomic mass is 10.1. The van der Waals surface area contributed by atoms with Crippen molar-refractivity contribution in [2.45, 2.75) is 52.1 Å². The van der Waals surface area contributed by atoms with Crippen LogP contribution in [0.3, 0.4) is 0 Å². The molecule has 1 aliphatic rings. The van der Waals surface area contributed by atoms with Gasteiger partial charge < -0.3 is 19.7 Å². The molecular formula is C15H32N2O2. The van der Waals surface area contributed by atoms with Crippen molar-refractivity contribution < 1.29 is 9.47 Å². The van der Waals surface area contributed by atoms with Gasteiger partial charge in [-0.3, -0.25) is 0 Å². The van der Waals surface area contributed by atoms with Crippen LogP contribution in [0.1, 0.15) is 40.5 Å². The summed E-state index contributed by atoms with van der Waals surface area (Å²) in [6.07, 6.45) is 2.70. The van der Waals surface area contributed by atoms with Gasteiger partial charge in [-0.25, -0.2) is 0 Å². The molecule has 1 heterocycles. The zero-order valence-electron chi connectivity index (χ0n) is 13.2. The second-order valence-corrected chi connectivity index (χ2v) is 6.53. The third-order valence-corrected chi connectivity index (χ3v) is 3.17. The van der Waals surface area contributed by atoms with E-state index < -0.39 is 0 Å². The van der Waals surface area contributed by atoms with Crippen LogP contribution >= 0.6 is 0 Å². The van der Waals surface area contributed by atoms with Gasteiger partial charge in [-0.1, -0.05) is 0 Å². The van der Waals surface area contributed by atoms with Crippen molar-refractivity contribution in [2.24, 2.45) is 0 Å². The van der Waals surface area contributed by atoms with Gasteiger partial charge >= 0.3 is 0 Å². The average molecular weight is 272 g/mol. The molecule has 4 heteroatoms. The lowest BCUT2D eigenvalue weighted by molar-refractivity contribution is 0.0326. The Kier molecular flexibility index (Phi) is 7.91. The number of hydrogen-bond donors (Lipinski definition) is 1. The van der Waals surface area contributed by atoms with Gasteiger partial charge in [0, 0.05) is 18.1 Å². The second kappa shape index (κ2) is 8.90. The van der Waals surface area contributed by atoms with Crippen LogP contribution in [0.4, 0.5) is 0 Å². The Morgan fingerprint density at radius 3 is 2.32 bits per heavy atom. The molecule has 1 atom stereocenters. The zero-order chi connectivity index (χ0) is 14.1. The van der Waals surface area contributed by atoms with Crippen molar-refractivity contribution in [3.05, 3.63) is 0 Å². The highest BCUT2D eigenvalue weighted by molar-refractivity contribution is 4.74. The predicted octanol–water partition coefficient (Wildman–Crippen LogP) is 1.89. The monoisotopic (exact) mass is 272 g/mol. The van der Waals surface area contributed by atoms with Crippen LogP contribution in [0, 0.1) is 0 Å². The molecule has 4 nitrogen and oxygen atoms in total. The van der Waals surface area contributed by atoms with E-state index in [4.69, 9.17) is 9.47 Å². The van der Waals surface area contributed by atoms with Gasteiger partial charge in [0.1, 0.15) is 0 Å². The maximum atomic E-state index is 5.61. The lowest BCUT2D eigenvalue weighted by Gasteiger charge is -2.25. The minimum Gasteiger partial charge on any atom is -0.378 e. The smallest absolute Gasteiger partial charge is 0.0701 e.